The van der Waals surface area contributed by atoms with Gasteiger partial charge in [-0.15, -0.1) is 0 Å². The molecule has 3 aromatic rings. The molecule has 0 spiro atoms. The van der Waals surface area contributed by atoms with Gasteiger partial charge in [0.2, 0.25) is 11.8 Å². The van der Waals surface area contributed by atoms with Crippen molar-refractivity contribution in [2.45, 2.75) is 38.0 Å². The Morgan fingerprint density at radius 2 is 1.65 bits per heavy atom. The summed E-state index contributed by atoms with van der Waals surface area (Å²) in [7, 11) is 3.14. The molecule has 0 saturated carbocycles. The summed E-state index contributed by atoms with van der Waals surface area (Å²) in [5.41, 5.74) is 2.47. The number of benzene rings is 3. The summed E-state index contributed by atoms with van der Waals surface area (Å²) in [6.45, 7) is 1.43. The third-order valence-corrected chi connectivity index (χ3v) is 6.52. The maximum absolute atomic E-state index is 13.9. The second kappa shape index (κ2) is 12.9. The number of carbonyl (C=O) groups excluding carboxylic acids is 2. The van der Waals surface area contributed by atoms with Crippen LogP contribution in [-0.4, -0.2) is 50.2 Å². The van der Waals surface area contributed by atoms with E-state index in [0.29, 0.717) is 31.2 Å². The van der Waals surface area contributed by atoms with Crippen LogP contribution in [0, 0.1) is 0 Å². The number of nitrogens with zero attached hydrogens (tertiary/aromatic N) is 1. The van der Waals surface area contributed by atoms with E-state index < -0.39 is 6.04 Å². The molecule has 4 rings (SSSR count). The quantitative estimate of drug-likeness (QED) is 0.423. The average Bonchev–Trinajstić information content (AvgIpc) is 3.46. The van der Waals surface area contributed by atoms with Crippen molar-refractivity contribution in [3.05, 3.63) is 95.6 Å². The Bertz CT molecular complexity index is 1160. The number of hydrogen-bond acceptors (Lipinski definition) is 5. The number of nitrogens with one attached hydrogen (secondary N) is 1. The third-order valence-electron chi connectivity index (χ3n) is 6.52. The van der Waals surface area contributed by atoms with Crippen LogP contribution in [0.5, 0.6) is 11.5 Å². The van der Waals surface area contributed by atoms with Crippen LogP contribution in [0.1, 0.15) is 35.6 Å². The fraction of sp³-hybridized carbons (Fsp3) is 0.333. The maximum atomic E-state index is 13.9. The zero-order valence-corrected chi connectivity index (χ0v) is 21.4. The number of rotatable bonds is 11. The highest BCUT2D eigenvalue weighted by Gasteiger charge is 2.32. The molecule has 1 fully saturated rings. The maximum Gasteiger partial charge on any atom is 0.247 e. The number of carbonyl (C=O) groups is 2. The molecule has 194 valence electrons. The van der Waals surface area contributed by atoms with Crippen LogP contribution in [0.15, 0.2) is 78.9 Å². The Morgan fingerprint density at radius 3 is 2.30 bits per heavy atom. The second-order valence-electron chi connectivity index (χ2n) is 9.07. The lowest BCUT2D eigenvalue weighted by Crippen LogP contribution is -2.45. The van der Waals surface area contributed by atoms with Gasteiger partial charge in [0.25, 0.3) is 0 Å². The van der Waals surface area contributed by atoms with Crippen LogP contribution in [0.2, 0.25) is 0 Å². The molecule has 0 aromatic heterocycles. The van der Waals surface area contributed by atoms with Crippen LogP contribution >= 0.6 is 0 Å². The van der Waals surface area contributed by atoms with E-state index in [0.717, 1.165) is 29.5 Å². The molecule has 2 atom stereocenters. The monoisotopic (exact) mass is 502 g/mol. The highest BCUT2D eigenvalue weighted by atomic mass is 16.5. The zero-order valence-electron chi connectivity index (χ0n) is 21.4. The molecule has 0 bridgehead atoms. The summed E-state index contributed by atoms with van der Waals surface area (Å²) in [6.07, 6.45) is 2.02. The number of methoxy groups -OCH3 is 2. The highest BCUT2D eigenvalue weighted by molar-refractivity contribution is 5.89. The summed E-state index contributed by atoms with van der Waals surface area (Å²) in [5, 5.41) is 3.05. The highest BCUT2D eigenvalue weighted by Crippen LogP contribution is 2.29. The standard InChI is InChI=1S/C30H34N2O5/c1-35-26-16-15-23(18-27(26)36-2)19-28(33)32(21-22-10-5-3-6-11-22)29(24-12-7-4-8-13-24)30(34)31-20-25-14-9-17-37-25/h3-8,10-13,15-16,18,25,29H,9,14,17,19-21H2,1-2H3,(H,31,34)/t25-,29+/m1/s1. The van der Waals surface area contributed by atoms with Crippen molar-refractivity contribution in [2.24, 2.45) is 0 Å². The largest absolute Gasteiger partial charge is 0.493 e. The zero-order chi connectivity index (χ0) is 26.0. The van der Waals surface area contributed by atoms with Crippen LogP contribution in [0.3, 0.4) is 0 Å². The molecule has 1 saturated heterocycles. The predicted molar refractivity (Wildman–Crippen MR) is 141 cm³/mol. The summed E-state index contributed by atoms with van der Waals surface area (Å²) < 4.78 is 16.5. The summed E-state index contributed by atoms with van der Waals surface area (Å²) >= 11 is 0. The molecule has 3 aromatic carbocycles. The van der Waals surface area contributed by atoms with Gasteiger partial charge in [-0.2, -0.15) is 0 Å². The number of amides is 2. The van der Waals surface area contributed by atoms with E-state index in [1.54, 1.807) is 31.3 Å². The van der Waals surface area contributed by atoms with Crippen LogP contribution < -0.4 is 14.8 Å². The molecule has 1 heterocycles. The molecular formula is C30H34N2O5. The van der Waals surface area contributed by atoms with Crippen molar-refractivity contribution in [1.82, 2.24) is 10.2 Å². The van der Waals surface area contributed by atoms with Crippen LogP contribution in [0.4, 0.5) is 0 Å². The first-order valence-electron chi connectivity index (χ1n) is 12.6. The van der Waals surface area contributed by atoms with Crippen molar-refractivity contribution in [1.29, 1.82) is 0 Å². The van der Waals surface area contributed by atoms with Crippen LogP contribution in [0.25, 0.3) is 0 Å². The lowest BCUT2D eigenvalue weighted by molar-refractivity contribution is -0.141. The van der Waals surface area contributed by atoms with Gasteiger partial charge in [0, 0.05) is 19.7 Å². The fourth-order valence-electron chi connectivity index (χ4n) is 4.59. The van der Waals surface area contributed by atoms with Crippen molar-refractivity contribution in [2.75, 3.05) is 27.4 Å². The van der Waals surface area contributed by atoms with Crippen molar-refractivity contribution in [3.63, 3.8) is 0 Å². The molecule has 0 unspecified atom stereocenters. The molecule has 0 aliphatic carbocycles. The molecule has 37 heavy (non-hydrogen) atoms. The Labute approximate surface area is 218 Å². The molecule has 1 aliphatic rings. The molecule has 0 radical (unpaired) electrons. The van der Waals surface area contributed by atoms with Gasteiger partial charge >= 0.3 is 0 Å². The predicted octanol–water partition coefficient (Wildman–Crippen LogP) is 4.31. The number of ether oxygens (including phenoxy) is 3. The fourth-order valence-corrected chi connectivity index (χ4v) is 4.59. The minimum absolute atomic E-state index is 0.00501. The van der Waals surface area contributed by atoms with Crippen molar-refractivity contribution < 1.29 is 23.8 Å². The molecule has 2 amide bonds. The van der Waals surface area contributed by atoms with Crippen molar-refractivity contribution >= 4 is 11.8 Å². The van der Waals surface area contributed by atoms with Gasteiger partial charge in [0.15, 0.2) is 11.5 Å². The van der Waals surface area contributed by atoms with E-state index in [-0.39, 0.29) is 24.3 Å². The Kier molecular flexibility index (Phi) is 9.16. The summed E-state index contributed by atoms with van der Waals surface area (Å²) in [6, 6.07) is 23.8. The average molecular weight is 503 g/mol. The molecule has 1 aliphatic heterocycles. The first-order chi connectivity index (χ1) is 18.1. The topological polar surface area (TPSA) is 77.1 Å². The van der Waals surface area contributed by atoms with Crippen LogP contribution in [-0.2, 0) is 27.3 Å². The van der Waals surface area contributed by atoms with Gasteiger partial charge in [0.05, 0.1) is 26.7 Å². The summed E-state index contributed by atoms with van der Waals surface area (Å²) in [4.78, 5) is 29.2. The van der Waals surface area contributed by atoms with E-state index in [2.05, 4.69) is 5.32 Å². The van der Waals surface area contributed by atoms with Gasteiger partial charge < -0.3 is 24.4 Å². The second-order valence-corrected chi connectivity index (χ2v) is 9.07. The minimum Gasteiger partial charge on any atom is -0.493 e. The van der Waals surface area contributed by atoms with Gasteiger partial charge in [-0.1, -0.05) is 66.7 Å². The lowest BCUT2D eigenvalue weighted by Gasteiger charge is -2.32. The first-order valence-corrected chi connectivity index (χ1v) is 12.6. The molecular weight excluding hydrogens is 468 g/mol. The smallest absolute Gasteiger partial charge is 0.247 e. The molecule has 7 nitrogen and oxygen atoms in total. The normalized spacial score (nSPS) is 15.6. The SMILES string of the molecule is COc1ccc(CC(=O)N(Cc2ccccc2)[C@H](C(=O)NC[C@H]2CCCO2)c2ccccc2)cc1OC. The summed E-state index contributed by atoms with van der Waals surface area (Å²) in [5.74, 6) is 0.752. The van der Waals surface area contributed by atoms with E-state index >= 15 is 0 Å². The minimum atomic E-state index is -0.796. The molecule has 1 N–H and O–H groups in total. The molecule has 7 heteroatoms. The van der Waals surface area contributed by atoms with E-state index in [1.165, 1.54) is 0 Å². The third kappa shape index (κ3) is 6.89. The Balaban J connectivity index is 1.65. The van der Waals surface area contributed by atoms with E-state index in [1.807, 2.05) is 66.7 Å². The van der Waals surface area contributed by atoms with Gasteiger partial charge in [-0.25, -0.2) is 0 Å². The van der Waals surface area contributed by atoms with Gasteiger partial charge in [-0.3, -0.25) is 9.59 Å². The number of hydrogen-bond donors (Lipinski definition) is 1. The Hall–Kier alpha value is -3.84. The lowest BCUT2D eigenvalue weighted by atomic mass is 10.0. The van der Waals surface area contributed by atoms with Gasteiger partial charge in [-0.05, 0) is 41.7 Å². The first kappa shape index (κ1) is 26.2. The van der Waals surface area contributed by atoms with E-state index in [4.69, 9.17) is 14.2 Å². The van der Waals surface area contributed by atoms with Gasteiger partial charge in [0.1, 0.15) is 6.04 Å². The van der Waals surface area contributed by atoms with Crippen molar-refractivity contribution in [3.8, 4) is 11.5 Å². The van der Waals surface area contributed by atoms with E-state index in [9.17, 15) is 9.59 Å². The Morgan fingerprint density at radius 1 is 0.946 bits per heavy atom.